The summed E-state index contributed by atoms with van der Waals surface area (Å²) in [5, 5.41) is 19.5. The number of aliphatic carboxylic acids is 2. The van der Waals surface area contributed by atoms with Gasteiger partial charge < -0.3 is 29.4 Å². The fraction of sp³-hybridized carbons (Fsp3) is 0.500. The molecule has 0 aliphatic carbocycles. The minimum absolute atomic E-state index is 0. The van der Waals surface area contributed by atoms with Gasteiger partial charge in [-0.3, -0.25) is 9.59 Å². The number of rotatable bonds is 8. The van der Waals surface area contributed by atoms with Gasteiger partial charge in [-0.15, -0.1) is 0 Å². The Kier molecular flexibility index (Phi) is 15.3. The van der Waals surface area contributed by atoms with E-state index in [1.165, 1.54) is 13.8 Å². The summed E-state index contributed by atoms with van der Waals surface area (Å²) in [7, 11) is 0. The van der Waals surface area contributed by atoms with Gasteiger partial charge in [-0.1, -0.05) is 0 Å². The van der Waals surface area contributed by atoms with Crippen molar-refractivity contribution >= 4 is 35.1 Å². The number of hydrogen-bond donors (Lipinski definition) is 0. The molecule has 21 heavy (non-hydrogen) atoms. The Morgan fingerprint density at radius 3 is 1.00 bits per heavy atom. The Morgan fingerprint density at radius 1 is 0.619 bits per heavy atom. The third-order valence-electron chi connectivity index (χ3n) is 1.86. The van der Waals surface area contributed by atoms with Crippen LogP contribution in [0.25, 0.3) is 0 Å². The summed E-state index contributed by atoms with van der Waals surface area (Å²) in [6.45, 7) is 2.59. The van der Waals surface area contributed by atoms with Crippen LogP contribution >= 0.6 is 0 Å². The van der Waals surface area contributed by atoms with Gasteiger partial charge >= 0.3 is 19.5 Å². The minimum atomic E-state index is -1.72. The number of ketones is 4. The van der Waals surface area contributed by atoms with E-state index in [1.807, 2.05) is 0 Å². The molecule has 0 saturated carbocycles. The van der Waals surface area contributed by atoms with Crippen LogP contribution in [0.2, 0.25) is 0 Å². The molecule has 0 amide bonds. The second-order valence-electron chi connectivity index (χ2n) is 3.83. The third kappa shape index (κ3) is 18.2. The molecule has 0 atom stereocenters. The van der Waals surface area contributed by atoms with Crippen LogP contribution in [0.3, 0.4) is 0 Å². The number of carbonyl (C=O) groups excluding carboxylic acids is 6. The molecule has 0 heterocycles. The van der Waals surface area contributed by atoms with Gasteiger partial charge in [0.1, 0.15) is 23.5 Å². The summed E-state index contributed by atoms with van der Waals surface area (Å²) in [6, 6.07) is 0. The fourth-order valence-corrected chi connectivity index (χ4v) is 0.783. The molecule has 0 fully saturated rings. The van der Waals surface area contributed by atoms with Crippen LogP contribution in [0.5, 0.6) is 0 Å². The number of Topliss-reactive ketones (excluding diaryl/α,β-unsaturated/α-hetero) is 4. The van der Waals surface area contributed by atoms with Crippen molar-refractivity contribution in [3.63, 3.8) is 0 Å². The van der Waals surface area contributed by atoms with E-state index < -0.39 is 23.5 Å². The molecule has 0 bridgehead atoms. The molecule has 8 nitrogen and oxygen atoms in total. The largest absolute Gasteiger partial charge is 2.00 e. The first-order valence-electron chi connectivity index (χ1n) is 5.55. The fourth-order valence-electron chi connectivity index (χ4n) is 0.783. The Bertz CT molecular complexity index is 387. The molecule has 0 aromatic carbocycles. The van der Waals surface area contributed by atoms with Crippen molar-refractivity contribution in [3.05, 3.63) is 0 Å². The van der Waals surface area contributed by atoms with E-state index >= 15 is 0 Å². The molecule has 0 aliphatic rings. The maximum Gasteiger partial charge on any atom is 2.00 e. The van der Waals surface area contributed by atoms with Crippen LogP contribution < -0.4 is 10.2 Å². The zero-order valence-corrected chi connectivity index (χ0v) is 14.8. The standard InChI is InChI=1S/2C6H8O4.Zn/c2*1-4(7)2-3-5(8)6(9)10;/h2*2-3H2,1H3,(H,9,10);/q;;+2/p-2. The SMILES string of the molecule is CC(=O)CCC(=O)C(=O)[O-].CC(=O)CCC(=O)C(=O)[O-].[Zn+2]. The molecule has 0 aliphatic heterocycles. The molecule has 112 valence electrons. The van der Waals surface area contributed by atoms with Crippen LogP contribution in [0.15, 0.2) is 0 Å². The number of carboxylic acid groups (broad SMARTS) is 2. The summed E-state index contributed by atoms with van der Waals surface area (Å²) in [6.07, 6.45) is -0.547. The summed E-state index contributed by atoms with van der Waals surface area (Å²) in [4.78, 5) is 60.4. The molecule has 0 spiro atoms. The van der Waals surface area contributed by atoms with Crippen molar-refractivity contribution in [1.82, 2.24) is 0 Å². The topological polar surface area (TPSA) is 149 Å². The van der Waals surface area contributed by atoms with Gasteiger partial charge in [-0.25, -0.2) is 0 Å². The molecule has 0 N–H and O–H groups in total. The van der Waals surface area contributed by atoms with Crippen molar-refractivity contribution in [1.29, 1.82) is 0 Å². The molecule has 0 aromatic heterocycles. The number of carboxylic acids is 2. The van der Waals surface area contributed by atoms with E-state index in [9.17, 15) is 39.0 Å². The Morgan fingerprint density at radius 2 is 0.857 bits per heavy atom. The van der Waals surface area contributed by atoms with Gasteiger partial charge in [0, 0.05) is 25.7 Å². The quantitative estimate of drug-likeness (QED) is 0.340. The molecule has 0 rings (SSSR count). The molecule has 0 radical (unpaired) electrons. The van der Waals surface area contributed by atoms with Gasteiger partial charge in [0.25, 0.3) is 0 Å². The van der Waals surface area contributed by atoms with E-state index in [4.69, 9.17) is 0 Å². The average Bonchev–Trinajstić information content (AvgIpc) is 2.33. The van der Waals surface area contributed by atoms with E-state index in [1.54, 1.807) is 0 Å². The van der Waals surface area contributed by atoms with E-state index in [0.717, 1.165) is 0 Å². The number of hydrogen-bond acceptors (Lipinski definition) is 8. The van der Waals surface area contributed by atoms with Crippen LogP contribution in [0.1, 0.15) is 39.5 Å². The smallest absolute Gasteiger partial charge is 0.542 e. The second kappa shape index (κ2) is 13.2. The molecular formula is C12H14O8Zn. The first-order chi connectivity index (χ1) is 9.07. The zero-order valence-electron chi connectivity index (χ0n) is 11.8. The molecule has 0 saturated heterocycles. The zero-order chi connectivity index (χ0) is 16.3. The van der Waals surface area contributed by atoms with E-state index in [-0.39, 0.29) is 56.7 Å². The number of carbonyl (C=O) groups is 6. The van der Waals surface area contributed by atoms with Gasteiger partial charge in [-0.2, -0.15) is 0 Å². The van der Waals surface area contributed by atoms with Crippen molar-refractivity contribution in [2.45, 2.75) is 39.5 Å². The van der Waals surface area contributed by atoms with Crippen molar-refractivity contribution in [3.8, 4) is 0 Å². The summed E-state index contributed by atoms with van der Waals surface area (Å²) in [5.74, 6) is -5.88. The second-order valence-corrected chi connectivity index (χ2v) is 3.83. The molecular weight excluding hydrogens is 338 g/mol. The van der Waals surface area contributed by atoms with Gasteiger partial charge in [-0.05, 0) is 13.8 Å². The average molecular weight is 352 g/mol. The maximum atomic E-state index is 10.2. The van der Waals surface area contributed by atoms with Gasteiger partial charge in [0.15, 0.2) is 11.6 Å². The maximum absolute atomic E-state index is 10.2. The Labute approximate surface area is 133 Å². The Hall–Kier alpha value is -1.76. The van der Waals surface area contributed by atoms with Crippen molar-refractivity contribution < 1.29 is 58.5 Å². The Balaban J connectivity index is -0.000000295. The van der Waals surface area contributed by atoms with E-state index in [0.29, 0.717) is 0 Å². The van der Waals surface area contributed by atoms with Gasteiger partial charge in [0.05, 0.1) is 0 Å². The van der Waals surface area contributed by atoms with Crippen LogP contribution in [-0.2, 0) is 48.2 Å². The van der Waals surface area contributed by atoms with Crippen LogP contribution in [0.4, 0.5) is 0 Å². The van der Waals surface area contributed by atoms with Crippen LogP contribution in [-0.4, -0.2) is 35.1 Å². The van der Waals surface area contributed by atoms with Crippen LogP contribution in [0, 0.1) is 0 Å². The van der Waals surface area contributed by atoms with Gasteiger partial charge in [0.2, 0.25) is 0 Å². The van der Waals surface area contributed by atoms with E-state index in [2.05, 4.69) is 0 Å². The molecule has 0 aromatic rings. The third-order valence-corrected chi connectivity index (χ3v) is 1.86. The first kappa shape index (κ1) is 24.3. The van der Waals surface area contributed by atoms with Crippen molar-refractivity contribution in [2.75, 3.05) is 0 Å². The predicted molar refractivity (Wildman–Crippen MR) is 59.9 cm³/mol. The summed E-state index contributed by atoms with van der Waals surface area (Å²) < 4.78 is 0. The first-order valence-corrected chi connectivity index (χ1v) is 5.55. The molecule has 9 heteroatoms. The minimum Gasteiger partial charge on any atom is -0.542 e. The predicted octanol–water partition coefficient (Wildman–Crippen LogP) is -2.65. The van der Waals surface area contributed by atoms with Crippen molar-refractivity contribution in [2.24, 2.45) is 0 Å². The molecule has 0 unspecified atom stereocenters. The summed E-state index contributed by atoms with van der Waals surface area (Å²) in [5.41, 5.74) is 0. The normalized spacial score (nSPS) is 8.48. The summed E-state index contributed by atoms with van der Waals surface area (Å²) >= 11 is 0. The monoisotopic (exact) mass is 350 g/mol.